The van der Waals surface area contributed by atoms with Crippen LogP contribution in [-0.2, 0) is 4.79 Å². The number of nitrogens with zero attached hydrogens (tertiary/aromatic N) is 1. The Balaban J connectivity index is 2.91. The van der Waals surface area contributed by atoms with Crippen molar-refractivity contribution >= 4 is 5.97 Å². The van der Waals surface area contributed by atoms with E-state index < -0.39 is 11.5 Å². The number of hydrogen-bond acceptors (Lipinski definition) is 2. The third-order valence-electron chi connectivity index (χ3n) is 3.59. The first-order valence-electron chi connectivity index (χ1n) is 6.30. The minimum atomic E-state index is -0.668. The molecule has 0 aromatic rings. The molecule has 94 valence electrons. The summed E-state index contributed by atoms with van der Waals surface area (Å²) in [5, 5.41) is 9.53. The molecule has 0 bridgehead atoms. The van der Waals surface area contributed by atoms with Gasteiger partial charge in [-0.05, 0) is 45.4 Å². The van der Waals surface area contributed by atoms with E-state index in [1.165, 1.54) is 0 Å². The van der Waals surface area contributed by atoms with E-state index in [1.54, 1.807) is 0 Å². The predicted octanol–water partition coefficient (Wildman–Crippen LogP) is 2.61. The van der Waals surface area contributed by atoms with Gasteiger partial charge < -0.3 is 5.11 Å². The summed E-state index contributed by atoms with van der Waals surface area (Å²) in [6, 6.07) is 0.282. The lowest BCUT2D eigenvalue weighted by Crippen LogP contribution is -2.58. The van der Waals surface area contributed by atoms with Gasteiger partial charge in [-0.1, -0.05) is 13.8 Å². The number of aliphatic carboxylic acids is 1. The first-order valence-corrected chi connectivity index (χ1v) is 6.30. The lowest BCUT2D eigenvalue weighted by Gasteiger charge is -2.42. The summed E-state index contributed by atoms with van der Waals surface area (Å²) in [6.07, 6.45) is 2.12. The van der Waals surface area contributed by atoms with Crippen molar-refractivity contribution in [3.05, 3.63) is 0 Å². The SMILES string of the molecule is CC(C)CN(C(C)C)C(C)(C(=O)O)C1CC1. The molecule has 1 N–H and O–H groups in total. The van der Waals surface area contributed by atoms with Crippen molar-refractivity contribution in [1.29, 1.82) is 0 Å². The van der Waals surface area contributed by atoms with E-state index in [9.17, 15) is 9.90 Å². The molecule has 0 saturated heterocycles. The largest absolute Gasteiger partial charge is 0.480 e. The van der Waals surface area contributed by atoms with Crippen LogP contribution in [0.3, 0.4) is 0 Å². The maximum Gasteiger partial charge on any atom is 0.324 e. The minimum absolute atomic E-state index is 0.282. The Morgan fingerprint density at radius 2 is 1.88 bits per heavy atom. The highest BCUT2D eigenvalue weighted by Gasteiger charge is 2.52. The van der Waals surface area contributed by atoms with E-state index >= 15 is 0 Å². The molecule has 1 saturated carbocycles. The van der Waals surface area contributed by atoms with Gasteiger partial charge in [-0.2, -0.15) is 0 Å². The molecule has 0 aromatic carbocycles. The fourth-order valence-electron chi connectivity index (χ4n) is 2.51. The van der Waals surface area contributed by atoms with Gasteiger partial charge in [0.15, 0.2) is 0 Å². The standard InChI is InChI=1S/C13H25NO2/c1-9(2)8-14(10(3)4)13(5,12(15)16)11-6-7-11/h9-11H,6-8H2,1-5H3,(H,15,16). The number of rotatable bonds is 6. The Hall–Kier alpha value is -0.570. The van der Waals surface area contributed by atoms with E-state index in [0.717, 1.165) is 19.4 Å². The van der Waals surface area contributed by atoms with Crippen LogP contribution in [0.4, 0.5) is 0 Å². The fraction of sp³-hybridized carbons (Fsp3) is 0.923. The first-order chi connectivity index (χ1) is 7.30. The van der Waals surface area contributed by atoms with Crippen molar-refractivity contribution in [2.75, 3.05) is 6.54 Å². The van der Waals surface area contributed by atoms with E-state index in [0.29, 0.717) is 11.8 Å². The van der Waals surface area contributed by atoms with E-state index in [4.69, 9.17) is 0 Å². The van der Waals surface area contributed by atoms with Gasteiger partial charge in [-0.3, -0.25) is 9.69 Å². The Bertz CT molecular complexity index is 259. The monoisotopic (exact) mass is 227 g/mol. The maximum absolute atomic E-state index is 11.6. The van der Waals surface area contributed by atoms with Gasteiger partial charge in [0.2, 0.25) is 0 Å². The van der Waals surface area contributed by atoms with Crippen LogP contribution in [-0.4, -0.2) is 34.1 Å². The topological polar surface area (TPSA) is 40.5 Å². The van der Waals surface area contributed by atoms with Gasteiger partial charge >= 0.3 is 5.97 Å². The second-order valence-corrected chi connectivity index (χ2v) is 5.87. The molecule has 3 heteroatoms. The summed E-state index contributed by atoms with van der Waals surface area (Å²) in [7, 11) is 0. The number of carboxylic acid groups (broad SMARTS) is 1. The molecule has 0 spiro atoms. The highest BCUT2D eigenvalue weighted by molar-refractivity contribution is 5.79. The molecule has 0 radical (unpaired) electrons. The average Bonchev–Trinajstić information content (AvgIpc) is 2.95. The molecule has 0 amide bonds. The van der Waals surface area contributed by atoms with Gasteiger partial charge in [0, 0.05) is 12.6 Å². The van der Waals surface area contributed by atoms with Crippen molar-refractivity contribution in [3.8, 4) is 0 Å². The van der Waals surface area contributed by atoms with Crippen LogP contribution in [0.25, 0.3) is 0 Å². The fourth-order valence-corrected chi connectivity index (χ4v) is 2.51. The van der Waals surface area contributed by atoms with Crippen LogP contribution in [0.15, 0.2) is 0 Å². The number of hydrogen-bond donors (Lipinski definition) is 1. The van der Waals surface area contributed by atoms with E-state index in [1.807, 2.05) is 6.92 Å². The van der Waals surface area contributed by atoms with Gasteiger partial charge in [0.1, 0.15) is 5.54 Å². The molecule has 0 aromatic heterocycles. The lowest BCUT2D eigenvalue weighted by atomic mass is 9.91. The molecule has 0 aliphatic heterocycles. The summed E-state index contributed by atoms with van der Waals surface area (Å²) < 4.78 is 0. The zero-order chi connectivity index (χ0) is 12.5. The Labute approximate surface area is 98.8 Å². The lowest BCUT2D eigenvalue weighted by molar-refractivity contribution is -0.154. The van der Waals surface area contributed by atoms with Crippen molar-refractivity contribution in [2.45, 2.75) is 59.0 Å². The van der Waals surface area contributed by atoms with Crippen LogP contribution in [0, 0.1) is 11.8 Å². The van der Waals surface area contributed by atoms with Gasteiger partial charge in [-0.15, -0.1) is 0 Å². The third kappa shape index (κ3) is 2.57. The van der Waals surface area contributed by atoms with E-state index in [-0.39, 0.29) is 6.04 Å². The first kappa shape index (κ1) is 13.5. The zero-order valence-corrected chi connectivity index (χ0v) is 11.2. The summed E-state index contributed by atoms with van der Waals surface area (Å²) in [5.74, 6) is 0.176. The van der Waals surface area contributed by atoms with Crippen molar-refractivity contribution < 1.29 is 9.90 Å². The molecule has 1 fully saturated rings. The molecular weight excluding hydrogens is 202 g/mol. The van der Waals surface area contributed by atoms with E-state index in [2.05, 4.69) is 32.6 Å². The molecule has 16 heavy (non-hydrogen) atoms. The second-order valence-electron chi connectivity index (χ2n) is 5.87. The van der Waals surface area contributed by atoms with Crippen LogP contribution in [0.5, 0.6) is 0 Å². The highest BCUT2D eigenvalue weighted by Crippen LogP contribution is 2.44. The summed E-state index contributed by atoms with van der Waals surface area (Å²) >= 11 is 0. The average molecular weight is 227 g/mol. The van der Waals surface area contributed by atoms with Crippen LogP contribution >= 0.6 is 0 Å². The Kier molecular flexibility index (Phi) is 4.00. The summed E-state index contributed by atoms with van der Waals surface area (Å²) in [4.78, 5) is 13.8. The molecule has 1 rings (SSSR count). The molecule has 1 aliphatic rings. The Morgan fingerprint density at radius 1 is 1.38 bits per heavy atom. The van der Waals surface area contributed by atoms with Crippen molar-refractivity contribution in [1.82, 2.24) is 4.90 Å². The molecule has 1 atom stereocenters. The zero-order valence-electron chi connectivity index (χ0n) is 11.2. The summed E-state index contributed by atoms with van der Waals surface area (Å²) in [6.45, 7) is 11.2. The molecule has 0 heterocycles. The van der Waals surface area contributed by atoms with Gasteiger partial charge in [0.05, 0.1) is 0 Å². The quantitative estimate of drug-likeness (QED) is 0.758. The van der Waals surface area contributed by atoms with Crippen LogP contribution in [0.1, 0.15) is 47.5 Å². The molecule has 3 nitrogen and oxygen atoms in total. The number of carboxylic acids is 1. The molecule has 1 unspecified atom stereocenters. The van der Waals surface area contributed by atoms with Crippen LogP contribution in [0.2, 0.25) is 0 Å². The normalized spacial score (nSPS) is 20.5. The summed E-state index contributed by atoms with van der Waals surface area (Å²) in [5.41, 5.74) is -0.668. The second kappa shape index (κ2) is 4.74. The molecular formula is C13H25NO2. The smallest absolute Gasteiger partial charge is 0.324 e. The highest BCUT2D eigenvalue weighted by atomic mass is 16.4. The van der Waals surface area contributed by atoms with Crippen LogP contribution < -0.4 is 0 Å². The maximum atomic E-state index is 11.6. The number of carbonyl (C=O) groups is 1. The van der Waals surface area contributed by atoms with Gasteiger partial charge in [-0.25, -0.2) is 0 Å². The predicted molar refractivity (Wildman–Crippen MR) is 65.4 cm³/mol. The Morgan fingerprint density at radius 3 is 2.12 bits per heavy atom. The molecule has 1 aliphatic carbocycles. The third-order valence-corrected chi connectivity index (χ3v) is 3.59. The van der Waals surface area contributed by atoms with Gasteiger partial charge in [0.25, 0.3) is 0 Å². The van der Waals surface area contributed by atoms with Crippen molar-refractivity contribution in [2.24, 2.45) is 11.8 Å². The minimum Gasteiger partial charge on any atom is -0.480 e. The van der Waals surface area contributed by atoms with Crippen molar-refractivity contribution in [3.63, 3.8) is 0 Å².